The molecule has 9 heteroatoms. The predicted octanol–water partition coefficient (Wildman–Crippen LogP) is 1.72. The Morgan fingerprint density at radius 2 is 1.76 bits per heavy atom. The van der Waals surface area contributed by atoms with Gasteiger partial charge in [0.15, 0.2) is 6.29 Å². The summed E-state index contributed by atoms with van der Waals surface area (Å²) in [5.41, 5.74) is 0.464. The second kappa shape index (κ2) is 6.64. The molecular formula is C20H21N3O6. The van der Waals surface area contributed by atoms with Gasteiger partial charge in [-0.2, -0.15) is 0 Å². The SMILES string of the molecule is CN(CC1OCCO1)c1ccc(N2C(=O)[C@@H]3[C@@H](C2=O)[C@H]2C=C[C@H]3C2)cc1[N+](=O)[O-]. The minimum atomic E-state index is -0.497. The fraction of sp³-hybridized carbons (Fsp3) is 0.500. The molecule has 0 unspecified atom stereocenters. The second-order valence-corrected chi connectivity index (χ2v) is 7.99. The van der Waals surface area contributed by atoms with E-state index in [4.69, 9.17) is 9.47 Å². The fourth-order valence-electron chi connectivity index (χ4n) is 5.11. The Balaban J connectivity index is 1.44. The number of imide groups is 1. The molecule has 0 aromatic heterocycles. The van der Waals surface area contributed by atoms with Crippen LogP contribution in [-0.4, -0.2) is 49.8 Å². The van der Waals surface area contributed by atoms with Crippen molar-refractivity contribution in [2.75, 3.05) is 36.6 Å². The van der Waals surface area contributed by atoms with E-state index in [2.05, 4.69) is 0 Å². The van der Waals surface area contributed by atoms with Crippen LogP contribution >= 0.6 is 0 Å². The number of allylic oxidation sites excluding steroid dienone is 2. The molecular weight excluding hydrogens is 378 g/mol. The zero-order valence-electron chi connectivity index (χ0n) is 15.9. The highest BCUT2D eigenvalue weighted by Crippen LogP contribution is 2.53. The van der Waals surface area contributed by atoms with Crippen molar-refractivity contribution in [2.24, 2.45) is 23.7 Å². The summed E-state index contributed by atoms with van der Waals surface area (Å²) in [5, 5.41) is 11.7. The van der Waals surface area contributed by atoms with E-state index < -0.39 is 11.2 Å². The fourth-order valence-corrected chi connectivity index (χ4v) is 5.11. The summed E-state index contributed by atoms with van der Waals surface area (Å²) >= 11 is 0. The molecule has 2 aliphatic carbocycles. The van der Waals surface area contributed by atoms with Crippen molar-refractivity contribution in [3.05, 3.63) is 40.5 Å². The largest absolute Gasteiger partial charge is 0.364 e. The van der Waals surface area contributed by atoms with E-state index in [0.29, 0.717) is 25.4 Å². The number of carbonyl (C=O) groups excluding carboxylic acids is 2. The molecule has 1 aromatic rings. The van der Waals surface area contributed by atoms with Crippen LogP contribution in [0.4, 0.5) is 17.1 Å². The Kier molecular flexibility index (Phi) is 4.18. The molecule has 2 aliphatic heterocycles. The van der Waals surface area contributed by atoms with Crippen molar-refractivity contribution in [1.29, 1.82) is 0 Å². The molecule has 2 saturated heterocycles. The molecule has 1 aromatic carbocycles. The molecule has 2 bridgehead atoms. The van der Waals surface area contributed by atoms with Gasteiger partial charge in [-0.25, -0.2) is 4.90 Å². The summed E-state index contributed by atoms with van der Waals surface area (Å²) in [7, 11) is 1.72. The van der Waals surface area contributed by atoms with Crippen molar-refractivity contribution in [3.63, 3.8) is 0 Å². The van der Waals surface area contributed by atoms with Gasteiger partial charge in [0.25, 0.3) is 5.69 Å². The normalized spacial score (nSPS) is 30.4. The maximum atomic E-state index is 13.0. The summed E-state index contributed by atoms with van der Waals surface area (Å²) in [5.74, 6) is -0.984. The molecule has 4 aliphatic rings. The standard InChI is InChI=1S/C20H21N3O6/c1-21(10-16-28-6-7-29-16)14-5-4-13(9-15(14)23(26)27)22-19(24)17-11-2-3-12(8-11)18(17)20(22)25/h2-5,9,11-12,16-18H,6-8,10H2,1H3/t11-,12-,17-,18-/m0/s1. The van der Waals surface area contributed by atoms with Gasteiger partial charge in [-0.05, 0) is 30.4 Å². The van der Waals surface area contributed by atoms with Crippen molar-refractivity contribution < 1.29 is 24.0 Å². The van der Waals surface area contributed by atoms with E-state index in [0.717, 1.165) is 11.3 Å². The molecule has 1 saturated carbocycles. The number of ether oxygens (including phenoxy) is 2. The van der Waals surface area contributed by atoms with Crippen LogP contribution in [0.1, 0.15) is 6.42 Å². The number of likely N-dealkylation sites (N-methyl/N-ethyl adjacent to an activating group) is 1. The minimum Gasteiger partial charge on any atom is -0.364 e. The van der Waals surface area contributed by atoms with Gasteiger partial charge in [0, 0.05) is 13.1 Å². The molecule has 2 amide bonds. The number of anilines is 2. The number of fused-ring (bicyclic) bond motifs is 5. The molecule has 4 atom stereocenters. The zero-order valence-corrected chi connectivity index (χ0v) is 15.9. The first-order valence-electron chi connectivity index (χ1n) is 9.74. The van der Waals surface area contributed by atoms with E-state index in [1.165, 1.54) is 6.07 Å². The molecule has 0 N–H and O–H groups in total. The molecule has 3 fully saturated rings. The number of rotatable bonds is 5. The lowest BCUT2D eigenvalue weighted by molar-refractivity contribution is -0.384. The molecule has 2 heterocycles. The highest BCUT2D eigenvalue weighted by atomic mass is 16.7. The maximum absolute atomic E-state index is 13.0. The lowest BCUT2D eigenvalue weighted by atomic mass is 9.85. The van der Waals surface area contributed by atoms with Crippen LogP contribution in [0.25, 0.3) is 0 Å². The smallest absolute Gasteiger partial charge is 0.294 e. The average molecular weight is 399 g/mol. The van der Waals surface area contributed by atoms with E-state index in [-0.39, 0.29) is 46.9 Å². The van der Waals surface area contributed by atoms with Crippen LogP contribution < -0.4 is 9.80 Å². The van der Waals surface area contributed by atoms with Gasteiger partial charge >= 0.3 is 0 Å². The first-order chi connectivity index (χ1) is 14.0. The third-order valence-electron chi connectivity index (χ3n) is 6.41. The van der Waals surface area contributed by atoms with Crippen LogP contribution in [0, 0.1) is 33.8 Å². The van der Waals surface area contributed by atoms with Crippen LogP contribution in [-0.2, 0) is 19.1 Å². The Morgan fingerprint density at radius 3 is 2.34 bits per heavy atom. The number of hydrogen-bond acceptors (Lipinski definition) is 7. The average Bonchev–Trinajstić information content (AvgIpc) is 3.47. The van der Waals surface area contributed by atoms with Gasteiger partial charge in [0.2, 0.25) is 11.8 Å². The number of hydrogen-bond donors (Lipinski definition) is 0. The van der Waals surface area contributed by atoms with Crippen molar-refractivity contribution in [2.45, 2.75) is 12.7 Å². The highest BCUT2D eigenvalue weighted by Gasteiger charge is 2.59. The zero-order chi connectivity index (χ0) is 20.3. The van der Waals surface area contributed by atoms with Gasteiger partial charge in [-0.1, -0.05) is 12.2 Å². The Morgan fingerprint density at radius 1 is 1.14 bits per heavy atom. The molecule has 0 radical (unpaired) electrons. The van der Waals surface area contributed by atoms with Gasteiger partial charge in [0.05, 0.1) is 42.2 Å². The lowest BCUT2D eigenvalue weighted by Crippen LogP contribution is -2.33. The summed E-state index contributed by atoms with van der Waals surface area (Å²) in [6, 6.07) is 4.49. The van der Waals surface area contributed by atoms with Crippen molar-refractivity contribution >= 4 is 28.9 Å². The Hall–Kier alpha value is -2.78. The summed E-state index contributed by atoms with van der Waals surface area (Å²) in [6.45, 7) is 1.33. The number of benzene rings is 1. The topological polar surface area (TPSA) is 102 Å². The number of nitro benzene ring substituents is 1. The minimum absolute atomic E-state index is 0.0956. The van der Waals surface area contributed by atoms with Crippen LogP contribution in [0.5, 0.6) is 0 Å². The quantitative estimate of drug-likeness (QED) is 0.321. The third kappa shape index (κ3) is 2.76. The Bertz CT molecular complexity index is 895. The van der Waals surface area contributed by atoms with Crippen LogP contribution in [0.15, 0.2) is 30.4 Å². The van der Waals surface area contributed by atoms with E-state index in [9.17, 15) is 19.7 Å². The predicted molar refractivity (Wildman–Crippen MR) is 102 cm³/mol. The number of nitro groups is 1. The van der Waals surface area contributed by atoms with E-state index >= 15 is 0 Å². The molecule has 152 valence electrons. The number of nitrogens with zero attached hydrogens (tertiary/aromatic N) is 3. The first-order valence-corrected chi connectivity index (χ1v) is 9.74. The summed E-state index contributed by atoms with van der Waals surface area (Å²) in [4.78, 5) is 40.0. The number of carbonyl (C=O) groups is 2. The summed E-state index contributed by atoms with van der Waals surface area (Å²) < 4.78 is 10.8. The van der Waals surface area contributed by atoms with Gasteiger partial charge in [-0.15, -0.1) is 0 Å². The van der Waals surface area contributed by atoms with Gasteiger partial charge in [-0.3, -0.25) is 19.7 Å². The van der Waals surface area contributed by atoms with Gasteiger partial charge in [0.1, 0.15) is 5.69 Å². The molecule has 29 heavy (non-hydrogen) atoms. The molecule has 5 rings (SSSR count). The molecule has 9 nitrogen and oxygen atoms in total. The van der Waals surface area contributed by atoms with Crippen LogP contribution in [0.3, 0.4) is 0 Å². The third-order valence-corrected chi connectivity index (χ3v) is 6.41. The summed E-state index contributed by atoms with van der Waals surface area (Å²) in [6.07, 6.45) is 4.45. The van der Waals surface area contributed by atoms with Crippen molar-refractivity contribution in [3.8, 4) is 0 Å². The molecule has 0 spiro atoms. The first kappa shape index (κ1) is 18.3. The van der Waals surface area contributed by atoms with Gasteiger partial charge < -0.3 is 14.4 Å². The highest BCUT2D eigenvalue weighted by molar-refractivity contribution is 6.23. The van der Waals surface area contributed by atoms with Crippen LogP contribution in [0.2, 0.25) is 0 Å². The second-order valence-electron chi connectivity index (χ2n) is 7.99. The Labute approximate surface area is 167 Å². The van der Waals surface area contributed by atoms with Crippen molar-refractivity contribution in [1.82, 2.24) is 0 Å². The monoisotopic (exact) mass is 399 g/mol. The van der Waals surface area contributed by atoms with E-state index in [1.54, 1.807) is 24.1 Å². The lowest BCUT2D eigenvalue weighted by Gasteiger charge is -2.23. The number of amides is 2. The maximum Gasteiger partial charge on any atom is 0.294 e. The van der Waals surface area contributed by atoms with E-state index in [1.807, 2.05) is 12.2 Å².